The molecular weight excluding hydrogens is 326 g/mol. The number of hydrogen-bond acceptors (Lipinski definition) is 5. The minimum absolute atomic E-state index is 0.141. The number of amides is 1. The van der Waals surface area contributed by atoms with E-state index in [1.807, 2.05) is 32.2 Å². The van der Waals surface area contributed by atoms with Gasteiger partial charge in [0, 0.05) is 31.3 Å². The van der Waals surface area contributed by atoms with Gasteiger partial charge in [-0.3, -0.25) is 9.48 Å². The molecule has 3 rings (SSSR count). The summed E-state index contributed by atoms with van der Waals surface area (Å²) in [5, 5.41) is 7.91. The van der Waals surface area contributed by atoms with Crippen molar-refractivity contribution in [3.8, 4) is 11.5 Å². The van der Waals surface area contributed by atoms with E-state index >= 15 is 0 Å². The predicted octanol–water partition coefficient (Wildman–Crippen LogP) is 3.12. The van der Waals surface area contributed by atoms with Crippen molar-refractivity contribution < 1.29 is 14.3 Å². The van der Waals surface area contributed by atoms with E-state index in [0.29, 0.717) is 28.6 Å². The summed E-state index contributed by atoms with van der Waals surface area (Å²) in [4.78, 5) is 12.7. The molecule has 0 saturated carbocycles. The van der Waals surface area contributed by atoms with E-state index in [2.05, 4.69) is 10.4 Å². The molecule has 1 aromatic carbocycles. The van der Waals surface area contributed by atoms with Crippen molar-refractivity contribution in [2.24, 2.45) is 7.05 Å². The van der Waals surface area contributed by atoms with Gasteiger partial charge in [0.1, 0.15) is 22.6 Å². The van der Waals surface area contributed by atoms with Crippen LogP contribution in [-0.4, -0.2) is 34.7 Å². The fourth-order valence-electron chi connectivity index (χ4n) is 2.78. The Balaban J connectivity index is 1.91. The number of ether oxygens (including phenoxy) is 2. The first-order valence-corrected chi connectivity index (χ1v) is 9.09. The second-order valence-electron chi connectivity index (χ2n) is 5.70. The fraction of sp³-hybridized carbons (Fsp3) is 0.412. The molecule has 0 radical (unpaired) electrons. The van der Waals surface area contributed by atoms with Gasteiger partial charge in [-0.2, -0.15) is 5.10 Å². The van der Waals surface area contributed by atoms with Gasteiger partial charge in [-0.15, -0.1) is 11.8 Å². The highest BCUT2D eigenvalue weighted by Gasteiger charge is 2.23. The van der Waals surface area contributed by atoms with E-state index < -0.39 is 0 Å². The summed E-state index contributed by atoms with van der Waals surface area (Å²) in [6, 6.07) is 3.80. The molecule has 0 bridgehead atoms. The van der Waals surface area contributed by atoms with Crippen LogP contribution in [0.2, 0.25) is 0 Å². The standard InChI is InChI=1S/C17H21N3O3S/c1-5-22-15-7-11-6-10(2)23-14(11)8-13(15)18-16(21)12-9-20(3)19-17(12)24-4/h7-10H,5-6H2,1-4H3,(H,18,21)/t10-/m1/s1. The van der Waals surface area contributed by atoms with Gasteiger partial charge in [-0.25, -0.2) is 0 Å². The summed E-state index contributed by atoms with van der Waals surface area (Å²) in [7, 11) is 1.80. The molecule has 0 spiro atoms. The lowest BCUT2D eigenvalue weighted by molar-refractivity contribution is 0.102. The lowest BCUT2D eigenvalue weighted by Gasteiger charge is -2.13. The second kappa shape index (κ2) is 6.76. The van der Waals surface area contributed by atoms with Crippen LogP contribution in [0, 0.1) is 0 Å². The molecule has 0 fully saturated rings. The quantitative estimate of drug-likeness (QED) is 0.842. The molecule has 1 aromatic heterocycles. The van der Waals surface area contributed by atoms with E-state index in [9.17, 15) is 4.79 Å². The van der Waals surface area contributed by atoms with E-state index in [1.54, 1.807) is 17.9 Å². The Morgan fingerprint density at radius 3 is 3.04 bits per heavy atom. The number of nitrogens with zero attached hydrogens (tertiary/aromatic N) is 2. The number of carbonyl (C=O) groups excluding carboxylic acids is 1. The van der Waals surface area contributed by atoms with E-state index in [4.69, 9.17) is 9.47 Å². The molecule has 1 N–H and O–H groups in total. The molecule has 1 amide bonds. The van der Waals surface area contributed by atoms with Crippen LogP contribution in [0.25, 0.3) is 0 Å². The summed E-state index contributed by atoms with van der Waals surface area (Å²) in [6.45, 7) is 4.48. The van der Waals surface area contributed by atoms with Gasteiger partial charge in [-0.1, -0.05) is 0 Å². The van der Waals surface area contributed by atoms with Crippen molar-refractivity contribution in [3.05, 3.63) is 29.5 Å². The Kier molecular flexibility index (Phi) is 4.71. The first-order chi connectivity index (χ1) is 11.5. The van der Waals surface area contributed by atoms with Crippen molar-refractivity contribution >= 4 is 23.4 Å². The van der Waals surface area contributed by atoms with E-state index in [1.165, 1.54) is 11.8 Å². The summed E-state index contributed by atoms with van der Waals surface area (Å²) in [5.74, 6) is 1.26. The molecule has 128 valence electrons. The van der Waals surface area contributed by atoms with Crippen molar-refractivity contribution in [3.63, 3.8) is 0 Å². The number of hydrogen-bond donors (Lipinski definition) is 1. The van der Waals surface area contributed by atoms with Gasteiger partial charge in [-0.05, 0) is 26.2 Å². The average molecular weight is 347 g/mol. The summed E-state index contributed by atoms with van der Waals surface area (Å²) >= 11 is 1.44. The van der Waals surface area contributed by atoms with Gasteiger partial charge in [0.25, 0.3) is 5.91 Å². The first kappa shape index (κ1) is 16.7. The van der Waals surface area contributed by atoms with Crippen molar-refractivity contribution in [1.82, 2.24) is 9.78 Å². The highest BCUT2D eigenvalue weighted by Crippen LogP contribution is 2.38. The second-order valence-corrected chi connectivity index (χ2v) is 6.50. The molecule has 6 nitrogen and oxygen atoms in total. The molecular formula is C17H21N3O3S. The molecule has 2 heterocycles. The van der Waals surface area contributed by atoms with Crippen LogP contribution >= 0.6 is 11.8 Å². The summed E-state index contributed by atoms with van der Waals surface area (Å²) in [5.41, 5.74) is 2.27. The fourth-order valence-corrected chi connectivity index (χ4v) is 3.35. The Labute approximate surface area is 145 Å². The number of nitrogens with one attached hydrogen (secondary N) is 1. The molecule has 0 aliphatic carbocycles. The van der Waals surface area contributed by atoms with E-state index in [0.717, 1.165) is 17.7 Å². The number of rotatable bonds is 5. The molecule has 1 aliphatic rings. The Hall–Kier alpha value is -2.15. The zero-order valence-electron chi connectivity index (χ0n) is 14.3. The maximum Gasteiger partial charge on any atom is 0.260 e. The first-order valence-electron chi connectivity index (χ1n) is 7.87. The maximum absolute atomic E-state index is 12.7. The molecule has 7 heteroatoms. The van der Waals surface area contributed by atoms with Gasteiger partial charge < -0.3 is 14.8 Å². The predicted molar refractivity (Wildman–Crippen MR) is 94.3 cm³/mol. The smallest absolute Gasteiger partial charge is 0.260 e. The molecule has 1 aliphatic heterocycles. The summed E-state index contributed by atoms with van der Waals surface area (Å²) < 4.78 is 13.1. The van der Waals surface area contributed by atoms with Crippen LogP contribution in [0.5, 0.6) is 11.5 Å². The van der Waals surface area contributed by atoms with Crippen LogP contribution in [0.15, 0.2) is 23.4 Å². The molecule has 2 aromatic rings. The van der Waals surface area contributed by atoms with Gasteiger partial charge >= 0.3 is 0 Å². The van der Waals surface area contributed by atoms with Gasteiger partial charge in [0.2, 0.25) is 0 Å². The zero-order valence-corrected chi connectivity index (χ0v) is 15.1. The average Bonchev–Trinajstić information content (AvgIpc) is 3.09. The SMILES string of the molecule is CCOc1cc2c(cc1NC(=O)c1cn(C)nc1SC)O[C@H](C)C2. The van der Waals surface area contributed by atoms with Gasteiger partial charge in [0.05, 0.1) is 17.9 Å². The molecule has 0 saturated heterocycles. The number of anilines is 1. The lowest BCUT2D eigenvalue weighted by atomic mass is 10.1. The lowest BCUT2D eigenvalue weighted by Crippen LogP contribution is -2.13. The third kappa shape index (κ3) is 3.21. The number of carbonyl (C=O) groups is 1. The number of benzene rings is 1. The Morgan fingerprint density at radius 1 is 1.54 bits per heavy atom. The van der Waals surface area contributed by atoms with E-state index in [-0.39, 0.29) is 12.0 Å². The van der Waals surface area contributed by atoms with Crippen molar-refractivity contribution in [1.29, 1.82) is 0 Å². The minimum Gasteiger partial charge on any atom is -0.492 e. The number of aryl methyl sites for hydroxylation is 1. The van der Waals surface area contributed by atoms with Crippen LogP contribution in [0.1, 0.15) is 29.8 Å². The molecule has 0 unspecified atom stereocenters. The topological polar surface area (TPSA) is 65.4 Å². The van der Waals surface area contributed by atoms with Crippen molar-refractivity contribution in [2.45, 2.75) is 31.4 Å². The van der Waals surface area contributed by atoms with Crippen molar-refractivity contribution in [2.75, 3.05) is 18.2 Å². The van der Waals surface area contributed by atoms with Gasteiger partial charge in [0.15, 0.2) is 0 Å². The van der Waals surface area contributed by atoms with Crippen LogP contribution in [-0.2, 0) is 13.5 Å². The van der Waals surface area contributed by atoms with Crippen LogP contribution in [0.3, 0.4) is 0 Å². The Bertz CT molecular complexity index is 773. The zero-order chi connectivity index (χ0) is 17.3. The normalized spacial score (nSPS) is 15.8. The number of fused-ring (bicyclic) bond motifs is 1. The highest BCUT2D eigenvalue weighted by molar-refractivity contribution is 7.98. The minimum atomic E-state index is -0.209. The monoisotopic (exact) mass is 347 g/mol. The van der Waals surface area contributed by atoms with Crippen LogP contribution in [0.4, 0.5) is 5.69 Å². The number of thioether (sulfide) groups is 1. The van der Waals surface area contributed by atoms with Crippen LogP contribution < -0.4 is 14.8 Å². The maximum atomic E-state index is 12.7. The largest absolute Gasteiger partial charge is 0.492 e. The third-order valence-corrected chi connectivity index (χ3v) is 4.47. The molecule has 24 heavy (non-hydrogen) atoms. The summed E-state index contributed by atoms with van der Waals surface area (Å²) in [6.07, 6.45) is 4.60. The highest BCUT2D eigenvalue weighted by atomic mass is 32.2. The Morgan fingerprint density at radius 2 is 2.33 bits per heavy atom. The number of aromatic nitrogens is 2. The third-order valence-electron chi connectivity index (χ3n) is 3.78. The molecule has 1 atom stereocenters.